The van der Waals surface area contributed by atoms with Crippen LogP contribution in [0.5, 0.6) is 0 Å². The van der Waals surface area contributed by atoms with Crippen LogP contribution in [0, 0.1) is 5.92 Å². The number of aromatic nitrogens is 3. The Bertz CT molecular complexity index is 676. The molecule has 0 amide bonds. The Labute approximate surface area is 173 Å². The predicted molar refractivity (Wildman–Crippen MR) is 116 cm³/mol. The SMILES string of the molecule is CCNC(=NCc1ncnn1C)N1CCC(Cc2ccccc2)CC1.I. The highest BCUT2D eigenvalue weighted by Crippen LogP contribution is 2.21. The van der Waals surface area contributed by atoms with Gasteiger partial charge >= 0.3 is 0 Å². The van der Waals surface area contributed by atoms with Crippen molar-refractivity contribution in [3.63, 3.8) is 0 Å². The summed E-state index contributed by atoms with van der Waals surface area (Å²) in [4.78, 5) is 11.4. The molecule has 1 N–H and O–H groups in total. The third kappa shape index (κ3) is 5.69. The summed E-state index contributed by atoms with van der Waals surface area (Å²) in [6.07, 6.45) is 5.18. The average molecular weight is 468 g/mol. The fraction of sp³-hybridized carbons (Fsp3) is 0.526. The van der Waals surface area contributed by atoms with E-state index in [-0.39, 0.29) is 24.0 Å². The lowest BCUT2D eigenvalue weighted by Gasteiger charge is -2.34. The molecule has 2 aromatic rings. The van der Waals surface area contributed by atoms with Crippen LogP contribution in [0.4, 0.5) is 0 Å². The van der Waals surface area contributed by atoms with Gasteiger partial charge < -0.3 is 10.2 Å². The third-order valence-electron chi connectivity index (χ3n) is 4.79. The molecule has 142 valence electrons. The number of aliphatic imine (C=N–C) groups is 1. The van der Waals surface area contributed by atoms with Gasteiger partial charge in [0.15, 0.2) is 5.96 Å². The molecule has 0 saturated carbocycles. The Morgan fingerprint density at radius 1 is 1.23 bits per heavy atom. The van der Waals surface area contributed by atoms with Crippen molar-refractivity contribution in [1.29, 1.82) is 0 Å². The van der Waals surface area contributed by atoms with Crippen LogP contribution in [0.2, 0.25) is 0 Å². The topological polar surface area (TPSA) is 58.3 Å². The fourth-order valence-electron chi connectivity index (χ4n) is 3.33. The number of likely N-dealkylation sites (tertiary alicyclic amines) is 1. The number of piperidine rings is 1. The van der Waals surface area contributed by atoms with Crippen molar-refractivity contribution >= 4 is 29.9 Å². The normalized spacial score (nSPS) is 15.6. The number of rotatable bonds is 5. The van der Waals surface area contributed by atoms with Gasteiger partial charge in [-0.25, -0.2) is 9.98 Å². The average Bonchev–Trinajstić information content (AvgIpc) is 3.05. The van der Waals surface area contributed by atoms with Crippen molar-refractivity contribution in [2.24, 2.45) is 18.0 Å². The van der Waals surface area contributed by atoms with E-state index in [1.807, 2.05) is 7.05 Å². The van der Waals surface area contributed by atoms with Crippen molar-refractivity contribution in [1.82, 2.24) is 25.0 Å². The van der Waals surface area contributed by atoms with Gasteiger partial charge in [0.1, 0.15) is 18.7 Å². The molecule has 0 atom stereocenters. The molecule has 1 aliphatic heterocycles. The second-order valence-electron chi connectivity index (χ2n) is 6.59. The van der Waals surface area contributed by atoms with Gasteiger partial charge in [-0.15, -0.1) is 24.0 Å². The van der Waals surface area contributed by atoms with Gasteiger partial charge in [-0.1, -0.05) is 30.3 Å². The van der Waals surface area contributed by atoms with Gasteiger partial charge in [-0.3, -0.25) is 4.68 Å². The summed E-state index contributed by atoms with van der Waals surface area (Å²) in [6.45, 7) is 5.66. The van der Waals surface area contributed by atoms with Gasteiger partial charge in [0, 0.05) is 26.7 Å². The molecular formula is C19H29IN6. The summed E-state index contributed by atoms with van der Waals surface area (Å²) in [6, 6.07) is 10.8. The number of hydrogen-bond donors (Lipinski definition) is 1. The molecule has 1 aromatic heterocycles. The summed E-state index contributed by atoms with van der Waals surface area (Å²) >= 11 is 0. The Morgan fingerprint density at radius 3 is 2.58 bits per heavy atom. The molecule has 0 unspecified atom stereocenters. The number of nitrogens with one attached hydrogen (secondary N) is 1. The van der Waals surface area contributed by atoms with Crippen LogP contribution >= 0.6 is 24.0 Å². The molecule has 26 heavy (non-hydrogen) atoms. The molecule has 0 spiro atoms. The van der Waals surface area contributed by atoms with Crippen LogP contribution < -0.4 is 5.32 Å². The zero-order valence-electron chi connectivity index (χ0n) is 15.6. The molecule has 1 aliphatic rings. The second kappa shape index (κ2) is 10.5. The van der Waals surface area contributed by atoms with Crippen molar-refractivity contribution in [2.75, 3.05) is 19.6 Å². The minimum Gasteiger partial charge on any atom is -0.357 e. The monoisotopic (exact) mass is 468 g/mol. The van der Waals surface area contributed by atoms with E-state index in [1.165, 1.54) is 24.8 Å². The van der Waals surface area contributed by atoms with E-state index in [4.69, 9.17) is 4.99 Å². The molecule has 0 radical (unpaired) electrons. The lowest BCUT2D eigenvalue weighted by atomic mass is 9.90. The molecule has 7 heteroatoms. The summed E-state index contributed by atoms with van der Waals surface area (Å²) < 4.78 is 1.78. The number of aryl methyl sites for hydroxylation is 1. The van der Waals surface area contributed by atoms with Crippen LogP contribution in [0.15, 0.2) is 41.7 Å². The molecule has 1 aromatic carbocycles. The summed E-state index contributed by atoms with van der Waals surface area (Å²) in [5.74, 6) is 2.64. The van der Waals surface area contributed by atoms with E-state index in [2.05, 4.69) is 57.6 Å². The van der Waals surface area contributed by atoms with Crippen molar-refractivity contribution < 1.29 is 0 Å². The summed E-state index contributed by atoms with van der Waals surface area (Å²) in [5, 5.41) is 7.52. The molecule has 6 nitrogen and oxygen atoms in total. The van der Waals surface area contributed by atoms with E-state index >= 15 is 0 Å². The van der Waals surface area contributed by atoms with Crippen LogP contribution in [-0.2, 0) is 20.0 Å². The quantitative estimate of drug-likeness (QED) is 0.417. The highest BCUT2D eigenvalue weighted by atomic mass is 127. The molecule has 0 aliphatic carbocycles. The maximum atomic E-state index is 4.76. The van der Waals surface area contributed by atoms with Crippen LogP contribution in [0.25, 0.3) is 0 Å². The first kappa shape index (κ1) is 20.7. The molecule has 3 rings (SSSR count). The zero-order valence-corrected chi connectivity index (χ0v) is 18.0. The number of guanidine groups is 1. The summed E-state index contributed by atoms with van der Waals surface area (Å²) in [7, 11) is 1.90. The minimum absolute atomic E-state index is 0. The largest absolute Gasteiger partial charge is 0.357 e. The fourth-order valence-corrected chi connectivity index (χ4v) is 3.33. The van der Waals surface area contributed by atoms with Crippen LogP contribution in [0.1, 0.15) is 31.2 Å². The highest BCUT2D eigenvalue weighted by molar-refractivity contribution is 14.0. The second-order valence-corrected chi connectivity index (χ2v) is 6.59. The zero-order chi connectivity index (χ0) is 17.5. The molecule has 0 bridgehead atoms. The maximum Gasteiger partial charge on any atom is 0.194 e. The van der Waals surface area contributed by atoms with Crippen molar-refractivity contribution in [3.8, 4) is 0 Å². The Hall–Kier alpha value is -1.64. The molecule has 1 saturated heterocycles. The minimum atomic E-state index is 0. The first-order chi connectivity index (χ1) is 12.3. The van der Waals surface area contributed by atoms with Crippen LogP contribution in [0.3, 0.4) is 0 Å². The standard InChI is InChI=1S/C19H28N6.HI/c1-3-20-19(21-14-18-22-15-23-24(18)2)25-11-9-17(10-12-25)13-16-7-5-4-6-8-16;/h4-8,15,17H,3,9-14H2,1-2H3,(H,20,21);1H. The maximum absolute atomic E-state index is 4.76. The Morgan fingerprint density at radius 2 is 1.96 bits per heavy atom. The van der Waals surface area contributed by atoms with Gasteiger partial charge in [0.2, 0.25) is 0 Å². The number of hydrogen-bond acceptors (Lipinski definition) is 3. The van der Waals surface area contributed by atoms with Gasteiger partial charge in [-0.05, 0) is 37.7 Å². The number of nitrogens with zero attached hydrogens (tertiary/aromatic N) is 5. The van der Waals surface area contributed by atoms with E-state index in [0.29, 0.717) is 6.54 Å². The van der Waals surface area contributed by atoms with Crippen LogP contribution in [-0.4, -0.2) is 45.3 Å². The predicted octanol–water partition coefficient (Wildman–Crippen LogP) is 2.85. The van der Waals surface area contributed by atoms with Gasteiger partial charge in [0.05, 0.1) is 0 Å². The molecule has 2 heterocycles. The van der Waals surface area contributed by atoms with E-state index in [1.54, 1.807) is 11.0 Å². The third-order valence-corrected chi connectivity index (χ3v) is 4.79. The smallest absolute Gasteiger partial charge is 0.194 e. The molecular weight excluding hydrogens is 439 g/mol. The van der Waals surface area contributed by atoms with Gasteiger partial charge in [-0.2, -0.15) is 5.10 Å². The van der Waals surface area contributed by atoms with Gasteiger partial charge in [0.25, 0.3) is 0 Å². The Kier molecular flexibility index (Phi) is 8.34. The first-order valence-corrected chi connectivity index (χ1v) is 9.16. The van der Waals surface area contributed by atoms with E-state index in [0.717, 1.165) is 37.3 Å². The van der Waals surface area contributed by atoms with E-state index in [9.17, 15) is 0 Å². The number of benzene rings is 1. The van der Waals surface area contributed by atoms with Crippen molar-refractivity contribution in [2.45, 2.75) is 32.7 Å². The summed E-state index contributed by atoms with van der Waals surface area (Å²) in [5.41, 5.74) is 1.45. The highest BCUT2D eigenvalue weighted by Gasteiger charge is 2.21. The first-order valence-electron chi connectivity index (χ1n) is 9.16. The lowest BCUT2D eigenvalue weighted by molar-refractivity contribution is 0.259. The van der Waals surface area contributed by atoms with E-state index < -0.39 is 0 Å². The Balaban J connectivity index is 0.00000243. The lowest BCUT2D eigenvalue weighted by Crippen LogP contribution is -2.45. The number of halogens is 1. The molecule has 1 fully saturated rings. The van der Waals surface area contributed by atoms with Crippen molar-refractivity contribution in [3.05, 3.63) is 48.0 Å².